The number of methoxy groups -OCH3 is 1. The van der Waals surface area contributed by atoms with E-state index in [9.17, 15) is 0 Å². The monoisotopic (exact) mass is 247 g/mol. The second-order valence-electron chi connectivity index (χ2n) is 5.51. The van der Waals surface area contributed by atoms with Crippen LogP contribution >= 0.6 is 0 Å². The van der Waals surface area contributed by atoms with Crippen LogP contribution in [0.15, 0.2) is 24.3 Å². The molecule has 0 aromatic heterocycles. The Kier molecular flexibility index (Phi) is 4.65. The number of nitrogens with two attached hydrogens (primary N) is 1. The lowest BCUT2D eigenvalue weighted by Gasteiger charge is -2.34. The van der Waals surface area contributed by atoms with Crippen molar-refractivity contribution < 1.29 is 4.74 Å². The molecule has 1 aliphatic carbocycles. The van der Waals surface area contributed by atoms with Crippen LogP contribution in [-0.4, -0.2) is 13.2 Å². The van der Waals surface area contributed by atoms with Crippen LogP contribution in [0.2, 0.25) is 0 Å². The van der Waals surface area contributed by atoms with E-state index in [1.165, 1.54) is 31.2 Å². The summed E-state index contributed by atoms with van der Waals surface area (Å²) in [5, 5.41) is 0. The normalized spacial score (nSPS) is 28.1. The van der Waals surface area contributed by atoms with E-state index in [-0.39, 0.29) is 0 Å². The van der Waals surface area contributed by atoms with Crippen LogP contribution in [0.5, 0.6) is 5.75 Å². The molecule has 0 radical (unpaired) electrons. The fourth-order valence-electron chi connectivity index (χ4n) is 3.21. The van der Waals surface area contributed by atoms with E-state index in [0.717, 1.165) is 18.1 Å². The van der Waals surface area contributed by atoms with E-state index in [1.54, 1.807) is 7.11 Å². The average molecular weight is 247 g/mol. The van der Waals surface area contributed by atoms with E-state index >= 15 is 0 Å². The van der Waals surface area contributed by atoms with Gasteiger partial charge in [0.2, 0.25) is 0 Å². The lowest BCUT2D eigenvalue weighted by atomic mass is 9.74. The van der Waals surface area contributed by atoms with Crippen molar-refractivity contribution in [2.45, 2.75) is 51.0 Å². The van der Waals surface area contributed by atoms with Crippen molar-refractivity contribution in [1.82, 2.24) is 0 Å². The Balaban J connectivity index is 2.13. The molecule has 0 spiro atoms. The predicted octanol–water partition coefficient (Wildman–Crippen LogP) is 3.71. The molecule has 3 atom stereocenters. The van der Waals surface area contributed by atoms with Gasteiger partial charge in [0.05, 0.1) is 7.11 Å². The Labute approximate surface area is 111 Å². The van der Waals surface area contributed by atoms with E-state index in [2.05, 4.69) is 25.1 Å². The Morgan fingerprint density at radius 2 is 2.17 bits per heavy atom. The Morgan fingerprint density at radius 3 is 2.89 bits per heavy atom. The minimum atomic E-state index is 0.310. The van der Waals surface area contributed by atoms with E-state index in [0.29, 0.717) is 12.0 Å². The molecular weight excluding hydrogens is 222 g/mol. The Morgan fingerprint density at radius 1 is 1.33 bits per heavy atom. The lowest BCUT2D eigenvalue weighted by molar-refractivity contribution is 0.274. The molecule has 100 valence electrons. The van der Waals surface area contributed by atoms with Gasteiger partial charge in [-0.2, -0.15) is 0 Å². The van der Waals surface area contributed by atoms with Crippen molar-refractivity contribution in [3.05, 3.63) is 29.8 Å². The van der Waals surface area contributed by atoms with Crippen molar-refractivity contribution in [1.29, 1.82) is 0 Å². The Bertz CT molecular complexity index is 377. The summed E-state index contributed by atoms with van der Waals surface area (Å²) < 4.78 is 5.31. The van der Waals surface area contributed by atoms with Crippen LogP contribution in [-0.2, 0) is 0 Å². The topological polar surface area (TPSA) is 35.2 Å². The molecule has 1 fully saturated rings. The molecule has 1 aromatic rings. The van der Waals surface area contributed by atoms with Gasteiger partial charge in [0.15, 0.2) is 0 Å². The smallest absolute Gasteiger partial charge is 0.119 e. The molecule has 1 aromatic carbocycles. The maximum absolute atomic E-state index is 6.32. The second kappa shape index (κ2) is 6.24. The fourth-order valence-corrected chi connectivity index (χ4v) is 3.21. The minimum Gasteiger partial charge on any atom is -0.497 e. The van der Waals surface area contributed by atoms with E-state index in [1.807, 2.05) is 6.07 Å². The molecule has 0 bridgehead atoms. The van der Waals surface area contributed by atoms with Gasteiger partial charge in [0.1, 0.15) is 5.75 Å². The van der Waals surface area contributed by atoms with E-state index < -0.39 is 0 Å². The third-order valence-corrected chi connectivity index (χ3v) is 4.23. The molecule has 0 amide bonds. The second-order valence-corrected chi connectivity index (χ2v) is 5.51. The van der Waals surface area contributed by atoms with Crippen molar-refractivity contribution in [3.8, 4) is 5.75 Å². The van der Waals surface area contributed by atoms with Gasteiger partial charge in [-0.3, -0.25) is 0 Å². The third-order valence-electron chi connectivity index (χ3n) is 4.23. The van der Waals surface area contributed by atoms with Gasteiger partial charge in [0.25, 0.3) is 0 Å². The van der Waals surface area contributed by atoms with E-state index in [4.69, 9.17) is 10.5 Å². The van der Waals surface area contributed by atoms with Crippen LogP contribution in [0.25, 0.3) is 0 Å². The molecule has 2 N–H and O–H groups in total. The highest BCUT2D eigenvalue weighted by Gasteiger charge is 2.28. The molecule has 3 unspecified atom stereocenters. The Hall–Kier alpha value is -1.02. The SMILES string of the molecule is CCCC1CCC(N)C(c2cccc(OC)c2)C1. The first-order valence-electron chi connectivity index (χ1n) is 7.14. The van der Waals surface area contributed by atoms with Gasteiger partial charge in [-0.05, 0) is 48.8 Å². The highest BCUT2D eigenvalue weighted by atomic mass is 16.5. The third kappa shape index (κ3) is 3.05. The molecule has 18 heavy (non-hydrogen) atoms. The summed E-state index contributed by atoms with van der Waals surface area (Å²) in [5.74, 6) is 2.30. The molecule has 2 heteroatoms. The molecule has 0 saturated heterocycles. The summed E-state index contributed by atoms with van der Waals surface area (Å²) in [6.07, 6.45) is 6.32. The summed E-state index contributed by atoms with van der Waals surface area (Å²) in [7, 11) is 1.72. The van der Waals surface area contributed by atoms with Gasteiger partial charge >= 0.3 is 0 Å². The van der Waals surface area contributed by atoms with Crippen molar-refractivity contribution in [2.24, 2.45) is 11.7 Å². The predicted molar refractivity (Wildman–Crippen MR) is 76.0 cm³/mol. The first kappa shape index (κ1) is 13.4. The van der Waals surface area contributed by atoms with Crippen LogP contribution < -0.4 is 10.5 Å². The quantitative estimate of drug-likeness (QED) is 0.880. The van der Waals surface area contributed by atoms with Crippen LogP contribution in [0.3, 0.4) is 0 Å². The number of hydrogen-bond acceptors (Lipinski definition) is 2. The van der Waals surface area contributed by atoms with Gasteiger partial charge in [-0.25, -0.2) is 0 Å². The molecule has 1 aliphatic rings. The number of rotatable bonds is 4. The lowest BCUT2D eigenvalue weighted by Crippen LogP contribution is -2.34. The zero-order chi connectivity index (χ0) is 13.0. The number of ether oxygens (including phenoxy) is 1. The van der Waals surface area contributed by atoms with Crippen molar-refractivity contribution in [2.75, 3.05) is 7.11 Å². The largest absolute Gasteiger partial charge is 0.497 e. The maximum Gasteiger partial charge on any atom is 0.119 e. The molecule has 2 nitrogen and oxygen atoms in total. The van der Waals surface area contributed by atoms with Crippen LogP contribution in [0.1, 0.15) is 50.5 Å². The first-order chi connectivity index (χ1) is 8.74. The van der Waals surface area contributed by atoms with Gasteiger partial charge < -0.3 is 10.5 Å². The summed E-state index contributed by atoms with van der Waals surface area (Å²) in [6, 6.07) is 8.73. The molecule has 2 rings (SSSR count). The van der Waals surface area contributed by atoms with Gasteiger partial charge in [-0.1, -0.05) is 31.9 Å². The maximum atomic E-state index is 6.32. The van der Waals surface area contributed by atoms with Crippen molar-refractivity contribution in [3.63, 3.8) is 0 Å². The fraction of sp³-hybridized carbons (Fsp3) is 0.625. The van der Waals surface area contributed by atoms with Crippen LogP contribution in [0.4, 0.5) is 0 Å². The highest BCUT2D eigenvalue weighted by Crippen LogP contribution is 2.38. The highest BCUT2D eigenvalue weighted by molar-refractivity contribution is 5.32. The molecule has 0 aliphatic heterocycles. The van der Waals surface area contributed by atoms with Crippen molar-refractivity contribution >= 4 is 0 Å². The molecule has 1 saturated carbocycles. The van der Waals surface area contributed by atoms with Gasteiger partial charge in [0, 0.05) is 6.04 Å². The van der Waals surface area contributed by atoms with Gasteiger partial charge in [-0.15, -0.1) is 0 Å². The summed E-state index contributed by atoms with van der Waals surface area (Å²) in [6.45, 7) is 2.27. The number of benzene rings is 1. The zero-order valence-electron chi connectivity index (χ0n) is 11.6. The first-order valence-corrected chi connectivity index (χ1v) is 7.14. The summed E-state index contributed by atoms with van der Waals surface area (Å²) in [5.41, 5.74) is 7.67. The zero-order valence-corrected chi connectivity index (χ0v) is 11.6. The average Bonchev–Trinajstić information content (AvgIpc) is 2.41. The molecule has 0 heterocycles. The summed E-state index contributed by atoms with van der Waals surface area (Å²) in [4.78, 5) is 0. The van der Waals surface area contributed by atoms with Crippen LogP contribution in [0, 0.1) is 5.92 Å². The minimum absolute atomic E-state index is 0.310. The summed E-state index contributed by atoms with van der Waals surface area (Å²) >= 11 is 0. The standard InChI is InChI=1S/C16H25NO/c1-3-5-12-8-9-16(17)15(10-12)13-6-4-7-14(11-13)18-2/h4,6-7,11-12,15-16H,3,5,8-10,17H2,1-2H3. The molecular formula is C16H25NO. The number of hydrogen-bond donors (Lipinski definition) is 1.